The maximum Gasteiger partial charge on any atom is 0.167 e. The van der Waals surface area contributed by atoms with Gasteiger partial charge in [0, 0.05) is 30.1 Å². The molecule has 5 heteroatoms. The molecule has 1 saturated heterocycles. The molecule has 0 bridgehead atoms. The summed E-state index contributed by atoms with van der Waals surface area (Å²) in [7, 11) is 2.06. The van der Waals surface area contributed by atoms with Crippen LogP contribution in [-0.4, -0.2) is 33.3 Å². The first kappa shape index (κ1) is 18.2. The second-order valence-electron chi connectivity index (χ2n) is 7.47. The number of hydrogen-bond acceptors (Lipinski definition) is 3. The van der Waals surface area contributed by atoms with Crippen LogP contribution in [0.25, 0.3) is 11.0 Å². The van der Waals surface area contributed by atoms with Crippen LogP contribution in [0, 0.1) is 12.8 Å². The Bertz CT molecular complexity index is 994. The highest BCUT2D eigenvalue weighted by Crippen LogP contribution is 2.25. The van der Waals surface area contributed by atoms with E-state index < -0.39 is 0 Å². The van der Waals surface area contributed by atoms with Crippen molar-refractivity contribution >= 4 is 28.4 Å². The number of carbonyl (C=O) groups excluding carboxylic acids is 1. The third kappa shape index (κ3) is 3.64. The number of carbonyl (C=O) groups is 1. The predicted octanol–water partition coefficient (Wildman–Crippen LogP) is 4.63. The van der Waals surface area contributed by atoms with Gasteiger partial charge in [-0.3, -0.25) is 9.69 Å². The molecule has 0 radical (unpaired) electrons. The van der Waals surface area contributed by atoms with Gasteiger partial charge in [-0.2, -0.15) is 0 Å². The molecule has 4 nitrogen and oxygen atoms in total. The molecule has 0 spiro atoms. The molecule has 0 amide bonds. The molecule has 2 heterocycles. The average Bonchev–Trinajstić information content (AvgIpc) is 2.97. The summed E-state index contributed by atoms with van der Waals surface area (Å²) in [6.45, 7) is 4.52. The van der Waals surface area contributed by atoms with Crippen LogP contribution in [0.5, 0.6) is 0 Å². The van der Waals surface area contributed by atoms with Crippen LogP contribution in [-0.2, 0) is 13.6 Å². The third-order valence-electron chi connectivity index (χ3n) is 5.58. The van der Waals surface area contributed by atoms with Crippen molar-refractivity contribution in [2.45, 2.75) is 26.3 Å². The normalized spacial score (nSPS) is 18.1. The Morgan fingerprint density at radius 3 is 2.85 bits per heavy atom. The summed E-state index contributed by atoms with van der Waals surface area (Å²) in [4.78, 5) is 20.2. The Morgan fingerprint density at radius 1 is 1.26 bits per heavy atom. The number of rotatable bonds is 4. The molecule has 140 valence electrons. The van der Waals surface area contributed by atoms with Crippen LogP contribution < -0.4 is 0 Å². The Hall–Kier alpha value is -2.17. The fourth-order valence-corrected chi connectivity index (χ4v) is 4.30. The van der Waals surface area contributed by atoms with Crippen molar-refractivity contribution in [1.82, 2.24) is 14.5 Å². The lowest BCUT2D eigenvalue weighted by Gasteiger charge is -2.32. The minimum atomic E-state index is 0.0355. The first-order valence-electron chi connectivity index (χ1n) is 9.46. The average molecular weight is 382 g/mol. The van der Waals surface area contributed by atoms with E-state index >= 15 is 0 Å². The summed E-state index contributed by atoms with van der Waals surface area (Å²) in [5.74, 6) is 1.32. The van der Waals surface area contributed by atoms with Crippen molar-refractivity contribution in [2.75, 3.05) is 13.1 Å². The highest BCUT2D eigenvalue weighted by Gasteiger charge is 2.28. The summed E-state index contributed by atoms with van der Waals surface area (Å²) >= 11 is 6.04. The van der Waals surface area contributed by atoms with E-state index in [1.54, 1.807) is 0 Å². The SMILES string of the molecule is Cc1cc(Cl)ccc1C(=O)C1CCCN(Cc2nc3ccccc3n2C)C1. The molecule has 1 aliphatic rings. The number of para-hydroxylation sites is 2. The first-order valence-corrected chi connectivity index (χ1v) is 9.84. The summed E-state index contributed by atoms with van der Waals surface area (Å²) < 4.78 is 2.16. The molecule has 0 saturated carbocycles. The van der Waals surface area contributed by atoms with Gasteiger partial charge in [-0.1, -0.05) is 23.7 Å². The van der Waals surface area contributed by atoms with Gasteiger partial charge in [-0.05, 0) is 62.2 Å². The zero-order valence-corrected chi connectivity index (χ0v) is 16.5. The summed E-state index contributed by atoms with van der Waals surface area (Å²) in [6.07, 6.45) is 1.98. The minimum absolute atomic E-state index is 0.0355. The molecule has 1 atom stereocenters. The van der Waals surface area contributed by atoms with Gasteiger partial charge in [0.2, 0.25) is 0 Å². The Balaban J connectivity index is 1.50. The number of aryl methyl sites for hydroxylation is 2. The van der Waals surface area contributed by atoms with E-state index in [2.05, 4.69) is 22.6 Å². The van der Waals surface area contributed by atoms with Gasteiger partial charge in [-0.15, -0.1) is 0 Å². The van der Waals surface area contributed by atoms with E-state index in [1.165, 1.54) is 0 Å². The van der Waals surface area contributed by atoms with Crippen LogP contribution in [0.2, 0.25) is 5.02 Å². The van der Waals surface area contributed by atoms with E-state index in [0.29, 0.717) is 5.02 Å². The van der Waals surface area contributed by atoms with Gasteiger partial charge in [-0.25, -0.2) is 4.98 Å². The van der Waals surface area contributed by atoms with Crippen molar-refractivity contribution in [3.8, 4) is 0 Å². The number of aromatic nitrogens is 2. The molecule has 1 aromatic heterocycles. The van der Waals surface area contributed by atoms with Crippen LogP contribution in [0.3, 0.4) is 0 Å². The van der Waals surface area contributed by atoms with Gasteiger partial charge < -0.3 is 4.57 Å². The smallest absolute Gasteiger partial charge is 0.167 e. The minimum Gasteiger partial charge on any atom is -0.330 e. The number of likely N-dealkylation sites (tertiary alicyclic amines) is 1. The first-order chi connectivity index (χ1) is 13.0. The van der Waals surface area contributed by atoms with E-state index in [1.807, 2.05) is 43.3 Å². The predicted molar refractivity (Wildman–Crippen MR) is 109 cm³/mol. The van der Waals surface area contributed by atoms with Gasteiger partial charge in [0.05, 0.1) is 17.6 Å². The number of fused-ring (bicyclic) bond motifs is 1. The molecule has 4 rings (SSSR count). The molecule has 1 aliphatic heterocycles. The molecule has 1 unspecified atom stereocenters. The maximum absolute atomic E-state index is 13.0. The molecule has 2 aromatic carbocycles. The second kappa shape index (κ2) is 7.45. The number of nitrogens with zero attached hydrogens (tertiary/aromatic N) is 3. The number of ketones is 1. The second-order valence-corrected chi connectivity index (χ2v) is 7.91. The summed E-state index contributed by atoms with van der Waals surface area (Å²) in [6, 6.07) is 13.7. The van der Waals surface area contributed by atoms with Crippen molar-refractivity contribution in [1.29, 1.82) is 0 Å². The number of Topliss-reactive ketones (excluding diaryl/α,β-unsaturated/α-hetero) is 1. The fourth-order valence-electron chi connectivity index (χ4n) is 4.07. The topological polar surface area (TPSA) is 38.1 Å². The van der Waals surface area contributed by atoms with Gasteiger partial charge in [0.25, 0.3) is 0 Å². The molecule has 27 heavy (non-hydrogen) atoms. The molecular formula is C22H24ClN3O. The fraction of sp³-hybridized carbons (Fsp3) is 0.364. The Morgan fingerprint density at radius 2 is 2.07 bits per heavy atom. The number of piperidine rings is 1. The van der Waals surface area contributed by atoms with Crippen LogP contribution in [0.1, 0.15) is 34.6 Å². The van der Waals surface area contributed by atoms with Gasteiger partial charge in [0.1, 0.15) is 5.82 Å². The number of halogens is 1. The molecule has 3 aromatic rings. The number of imidazole rings is 1. The lowest BCUT2D eigenvalue weighted by Crippen LogP contribution is -2.39. The van der Waals surface area contributed by atoms with Crippen molar-refractivity contribution in [3.63, 3.8) is 0 Å². The Labute approximate surface area is 164 Å². The molecule has 1 fully saturated rings. The zero-order chi connectivity index (χ0) is 19.0. The van der Waals surface area contributed by atoms with Gasteiger partial charge >= 0.3 is 0 Å². The van der Waals surface area contributed by atoms with E-state index in [9.17, 15) is 4.79 Å². The summed E-state index contributed by atoms with van der Waals surface area (Å²) in [5.41, 5.74) is 3.93. The number of hydrogen-bond donors (Lipinski definition) is 0. The highest BCUT2D eigenvalue weighted by atomic mass is 35.5. The van der Waals surface area contributed by atoms with Crippen molar-refractivity contribution < 1.29 is 4.79 Å². The standard InChI is InChI=1S/C22H24ClN3O/c1-15-12-17(23)9-10-18(15)22(27)16-6-5-11-26(13-16)14-21-24-19-7-3-4-8-20(19)25(21)2/h3-4,7-10,12,16H,5-6,11,13-14H2,1-2H3. The van der Waals surface area contributed by atoms with E-state index in [0.717, 1.165) is 60.5 Å². The number of benzene rings is 2. The zero-order valence-electron chi connectivity index (χ0n) is 15.8. The van der Waals surface area contributed by atoms with Crippen LogP contribution >= 0.6 is 11.6 Å². The van der Waals surface area contributed by atoms with E-state index in [4.69, 9.17) is 16.6 Å². The Kier molecular flexibility index (Phi) is 5.02. The molecule has 0 aliphatic carbocycles. The summed E-state index contributed by atoms with van der Waals surface area (Å²) in [5, 5.41) is 0.677. The van der Waals surface area contributed by atoms with Crippen molar-refractivity contribution in [2.24, 2.45) is 13.0 Å². The monoisotopic (exact) mass is 381 g/mol. The van der Waals surface area contributed by atoms with Crippen LogP contribution in [0.4, 0.5) is 0 Å². The van der Waals surface area contributed by atoms with Crippen LogP contribution in [0.15, 0.2) is 42.5 Å². The highest BCUT2D eigenvalue weighted by molar-refractivity contribution is 6.30. The molecular weight excluding hydrogens is 358 g/mol. The van der Waals surface area contributed by atoms with Crippen molar-refractivity contribution in [3.05, 3.63) is 64.4 Å². The third-order valence-corrected chi connectivity index (χ3v) is 5.81. The quantitative estimate of drug-likeness (QED) is 0.618. The van der Waals surface area contributed by atoms with E-state index in [-0.39, 0.29) is 11.7 Å². The van der Waals surface area contributed by atoms with Gasteiger partial charge in [0.15, 0.2) is 5.78 Å². The lowest BCUT2D eigenvalue weighted by atomic mass is 9.88. The largest absolute Gasteiger partial charge is 0.330 e. The molecule has 0 N–H and O–H groups in total. The maximum atomic E-state index is 13.0. The lowest BCUT2D eigenvalue weighted by molar-refractivity contribution is 0.0807.